The molecule has 2 aromatic rings. The van der Waals surface area contributed by atoms with E-state index in [4.69, 9.17) is 4.74 Å². The molecule has 0 saturated carbocycles. The Labute approximate surface area is 81.1 Å². The molecule has 1 radical (unpaired) electrons. The molecule has 0 unspecified atom stereocenters. The van der Waals surface area contributed by atoms with Crippen LogP contribution in [0.25, 0.3) is 0 Å². The maximum Gasteiger partial charge on any atom is 0.151 e. The molecule has 0 fully saturated rings. The molecule has 0 aliphatic rings. The van der Waals surface area contributed by atoms with Gasteiger partial charge in [-0.2, -0.15) is 0 Å². The molecular formula is C9H9N4O. The van der Waals surface area contributed by atoms with E-state index < -0.39 is 0 Å². The van der Waals surface area contributed by atoms with E-state index in [2.05, 4.69) is 26.7 Å². The van der Waals surface area contributed by atoms with Crippen molar-refractivity contribution in [2.75, 3.05) is 6.61 Å². The molecule has 1 aromatic heterocycles. The quantitative estimate of drug-likeness (QED) is 0.765. The molecule has 0 spiro atoms. The minimum Gasteiger partial charge on any atom is -0.493 e. The van der Waals surface area contributed by atoms with Gasteiger partial charge in [0.05, 0.1) is 6.61 Å². The van der Waals surface area contributed by atoms with Crippen LogP contribution in [-0.4, -0.2) is 27.2 Å². The molecule has 14 heavy (non-hydrogen) atoms. The van der Waals surface area contributed by atoms with Gasteiger partial charge in [0.15, 0.2) is 5.82 Å². The third-order valence-corrected chi connectivity index (χ3v) is 1.68. The predicted octanol–water partition coefficient (Wildman–Crippen LogP) is 0.621. The smallest absolute Gasteiger partial charge is 0.151 e. The van der Waals surface area contributed by atoms with Crippen molar-refractivity contribution in [3.63, 3.8) is 0 Å². The van der Waals surface area contributed by atoms with Crippen LogP contribution >= 0.6 is 0 Å². The lowest BCUT2D eigenvalue weighted by molar-refractivity contribution is 0.319. The van der Waals surface area contributed by atoms with Gasteiger partial charge in [0, 0.05) is 6.42 Å². The minimum absolute atomic E-state index is 0.550. The molecule has 1 aromatic carbocycles. The second-order valence-electron chi connectivity index (χ2n) is 2.69. The lowest BCUT2D eigenvalue weighted by atomic mass is 10.3. The molecule has 1 N–H and O–H groups in total. The zero-order valence-corrected chi connectivity index (χ0v) is 7.47. The molecule has 0 aliphatic carbocycles. The normalized spacial score (nSPS) is 10.0. The average molecular weight is 189 g/mol. The third kappa shape index (κ3) is 2.29. The summed E-state index contributed by atoms with van der Waals surface area (Å²) in [6.07, 6.45) is 0.669. The maximum atomic E-state index is 5.43. The van der Waals surface area contributed by atoms with E-state index in [9.17, 15) is 0 Å². The number of H-pyrrole nitrogens is 1. The molecule has 0 bridgehead atoms. The van der Waals surface area contributed by atoms with Gasteiger partial charge in [-0.05, 0) is 28.6 Å². The van der Waals surface area contributed by atoms with E-state index >= 15 is 0 Å². The van der Waals surface area contributed by atoms with Crippen molar-refractivity contribution in [3.8, 4) is 5.75 Å². The van der Waals surface area contributed by atoms with Crippen molar-refractivity contribution in [3.05, 3.63) is 36.2 Å². The van der Waals surface area contributed by atoms with Crippen molar-refractivity contribution in [1.29, 1.82) is 0 Å². The predicted molar refractivity (Wildman–Crippen MR) is 48.7 cm³/mol. The zero-order chi connectivity index (χ0) is 9.64. The van der Waals surface area contributed by atoms with Gasteiger partial charge in [0.2, 0.25) is 0 Å². The Hall–Kier alpha value is -1.91. The second kappa shape index (κ2) is 4.36. The topological polar surface area (TPSA) is 63.7 Å². The van der Waals surface area contributed by atoms with Gasteiger partial charge in [0.1, 0.15) is 5.75 Å². The number of aromatic nitrogens is 4. The molecule has 0 saturated heterocycles. The first-order valence-electron chi connectivity index (χ1n) is 4.26. The molecule has 1 heterocycles. The molecular weight excluding hydrogens is 180 g/mol. The summed E-state index contributed by atoms with van der Waals surface area (Å²) in [5, 5.41) is 13.3. The van der Waals surface area contributed by atoms with Crippen molar-refractivity contribution >= 4 is 0 Å². The fourth-order valence-electron chi connectivity index (χ4n) is 1.02. The molecule has 71 valence electrons. The molecule has 5 heteroatoms. The standard InChI is InChI=1S/C9H9N4O/c1-2-4-8(5-3-1)14-7-6-9-10-12-13-11-9/h1-2,4-5H,6-7H2,(H,10,11,12,13). The lowest BCUT2D eigenvalue weighted by Gasteiger charge is -2.02. The number of ether oxygens (including phenoxy) is 1. The van der Waals surface area contributed by atoms with Crippen LogP contribution in [0.1, 0.15) is 5.82 Å². The summed E-state index contributed by atoms with van der Waals surface area (Å²) in [5.74, 6) is 1.53. The summed E-state index contributed by atoms with van der Waals surface area (Å²) in [7, 11) is 0. The largest absolute Gasteiger partial charge is 0.493 e. The molecule has 5 nitrogen and oxygen atoms in total. The van der Waals surface area contributed by atoms with Crippen LogP contribution in [-0.2, 0) is 6.42 Å². The summed E-state index contributed by atoms with van der Waals surface area (Å²) >= 11 is 0. The summed E-state index contributed by atoms with van der Waals surface area (Å²) < 4.78 is 5.43. The number of rotatable bonds is 4. The van der Waals surface area contributed by atoms with Crippen LogP contribution in [0.3, 0.4) is 0 Å². The van der Waals surface area contributed by atoms with Crippen LogP contribution in [0.4, 0.5) is 0 Å². The van der Waals surface area contributed by atoms with E-state index in [1.54, 1.807) is 6.07 Å². The first-order valence-corrected chi connectivity index (χ1v) is 4.26. The van der Waals surface area contributed by atoms with E-state index in [1.807, 2.05) is 18.2 Å². The maximum absolute atomic E-state index is 5.43. The summed E-state index contributed by atoms with van der Waals surface area (Å²) in [4.78, 5) is 0. The number of nitrogens with zero attached hydrogens (tertiary/aromatic N) is 3. The Balaban J connectivity index is 1.79. The van der Waals surface area contributed by atoms with Gasteiger partial charge < -0.3 is 4.74 Å². The van der Waals surface area contributed by atoms with Crippen LogP contribution < -0.4 is 4.74 Å². The number of benzene rings is 1. The van der Waals surface area contributed by atoms with E-state index in [1.165, 1.54) is 0 Å². The summed E-state index contributed by atoms with van der Waals surface area (Å²) in [6.45, 7) is 0.550. The van der Waals surface area contributed by atoms with Crippen LogP contribution in [0.5, 0.6) is 5.75 Å². The molecule has 0 aliphatic heterocycles. The summed E-state index contributed by atoms with van der Waals surface area (Å²) in [5.41, 5.74) is 0. The van der Waals surface area contributed by atoms with E-state index in [-0.39, 0.29) is 0 Å². The Morgan fingerprint density at radius 1 is 1.50 bits per heavy atom. The first kappa shape index (κ1) is 8.68. The Morgan fingerprint density at radius 3 is 3.21 bits per heavy atom. The van der Waals surface area contributed by atoms with Gasteiger partial charge in [0.25, 0.3) is 0 Å². The highest BCUT2D eigenvalue weighted by Crippen LogP contribution is 2.07. The fraction of sp³-hybridized carbons (Fsp3) is 0.222. The van der Waals surface area contributed by atoms with Crippen molar-refractivity contribution in [1.82, 2.24) is 20.6 Å². The van der Waals surface area contributed by atoms with Gasteiger partial charge in [-0.1, -0.05) is 12.1 Å². The Morgan fingerprint density at radius 2 is 2.50 bits per heavy atom. The van der Waals surface area contributed by atoms with Gasteiger partial charge >= 0.3 is 0 Å². The highest BCUT2D eigenvalue weighted by Gasteiger charge is 1.97. The average Bonchev–Trinajstić information content (AvgIpc) is 2.72. The van der Waals surface area contributed by atoms with E-state index in [0.29, 0.717) is 13.0 Å². The Bertz CT molecular complexity index is 360. The fourth-order valence-corrected chi connectivity index (χ4v) is 1.02. The zero-order valence-electron chi connectivity index (χ0n) is 7.47. The number of hydrogen-bond acceptors (Lipinski definition) is 4. The third-order valence-electron chi connectivity index (χ3n) is 1.68. The highest BCUT2D eigenvalue weighted by atomic mass is 16.5. The van der Waals surface area contributed by atoms with Gasteiger partial charge in [-0.3, -0.25) is 0 Å². The molecule has 2 rings (SSSR count). The van der Waals surface area contributed by atoms with Crippen molar-refractivity contribution in [2.24, 2.45) is 0 Å². The SMILES string of the molecule is [c]1cccc(OCCc2nnn[nH]2)c1. The number of hydrogen-bond donors (Lipinski definition) is 1. The number of nitrogens with one attached hydrogen (secondary N) is 1. The summed E-state index contributed by atoms with van der Waals surface area (Å²) in [6, 6.07) is 10.3. The minimum atomic E-state index is 0.550. The number of tetrazole rings is 1. The van der Waals surface area contributed by atoms with Gasteiger partial charge in [-0.15, -0.1) is 5.10 Å². The van der Waals surface area contributed by atoms with E-state index in [0.717, 1.165) is 11.6 Å². The molecule has 0 atom stereocenters. The number of aromatic amines is 1. The first-order chi connectivity index (χ1) is 6.95. The van der Waals surface area contributed by atoms with Crippen LogP contribution in [0, 0.1) is 6.07 Å². The lowest BCUT2D eigenvalue weighted by Crippen LogP contribution is -2.02. The van der Waals surface area contributed by atoms with Gasteiger partial charge in [-0.25, -0.2) is 5.10 Å². The van der Waals surface area contributed by atoms with Crippen LogP contribution in [0.2, 0.25) is 0 Å². The van der Waals surface area contributed by atoms with Crippen molar-refractivity contribution < 1.29 is 4.74 Å². The Kier molecular flexibility index (Phi) is 2.70. The van der Waals surface area contributed by atoms with Crippen molar-refractivity contribution in [2.45, 2.75) is 6.42 Å². The highest BCUT2D eigenvalue weighted by molar-refractivity contribution is 5.19. The monoisotopic (exact) mass is 189 g/mol. The second-order valence-corrected chi connectivity index (χ2v) is 2.69. The molecule has 0 amide bonds. The van der Waals surface area contributed by atoms with Crippen LogP contribution in [0.15, 0.2) is 24.3 Å².